The van der Waals surface area contributed by atoms with Gasteiger partial charge in [0.15, 0.2) is 0 Å². The van der Waals surface area contributed by atoms with E-state index in [4.69, 9.17) is 4.74 Å². The van der Waals surface area contributed by atoms with Crippen molar-refractivity contribution in [1.82, 2.24) is 0 Å². The molecule has 2 rings (SSSR count). The fourth-order valence-electron chi connectivity index (χ4n) is 2.20. The molecule has 1 aliphatic carbocycles. The Morgan fingerprint density at radius 3 is 2.75 bits per heavy atom. The van der Waals surface area contributed by atoms with E-state index in [1.165, 1.54) is 12.8 Å². The first-order valence-corrected chi connectivity index (χ1v) is 5.83. The van der Waals surface area contributed by atoms with Crippen molar-refractivity contribution in [1.29, 1.82) is 0 Å². The van der Waals surface area contributed by atoms with Crippen molar-refractivity contribution in [2.45, 2.75) is 31.8 Å². The summed E-state index contributed by atoms with van der Waals surface area (Å²) in [6.07, 6.45) is 6.16. The van der Waals surface area contributed by atoms with Crippen LogP contribution in [0.25, 0.3) is 0 Å². The first-order chi connectivity index (χ1) is 7.83. The molecule has 1 unspecified atom stereocenters. The van der Waals surface area contributed by atoms with Crippen molar-refractivity contribution in [3.8, 4) is 5.75 Å². The lowest BCUT2D eigenvalue weighted by molar-refractivity contribution is 0.203. The second-order valence-corrected chi connectivity index (χ2v) is 4.17. The molecule has 1 aliphatic rings. The molecule has 0 saturated heterocycles. The van der Waals surface area contributed by atoms with Crippen molar-refractivity contribution in [2.24, 2.45) is 0 Å². The summed E-state index contributed by atoms with van der Waals surface area (Å²) in [5, 5.41) is 10.3. The molecule has 2 heteroatoms. The van der Waals surface area contributed by atoms with Crippen LogP contribution in [0.4, 0.5) is 0 Å². The highest BCUT2D eigenvalue weighted by Gasteiger charge is 2.18. The number of aliphatic hydroxyl groups excluding tert-OH is 1. The quantitative estimate of drug-likeness (QED) is 0.789. The Morgan fingerprint density at radius 1 is 1.25 bits per heavy atom. The maximum absolute atomic E-state index is 10.3. The topological polar surface area (TPSA) is 29.5 Å². The van der Waals surface area contributed by atoms with Gasteiger partial charge in [-0.3, -0.25) is 0 Å². The third-order valence-corrected chi connectivity index (χ3v) is 3.11. The number of benzene rings is 1. The van der Waals surface area contributed by atoms with Gasteiger partial charge in [0.2, 0.25) is 0 Å². The summed E-state index contributed by atoms with van der Waals surface area (Å²) in [5.41, 5.74) is 2.01. The minimum Gasteiger partial charge on any atom is -0.496 e. The second-order valence-electron chi connectivity index (χ2n) is 4.17. The number of ether oxygens (including phenoxy) is 1. The number of hydrogen-bond donors (Lipinski definition) is 1. The van der Waals surface area contributed by atoms with Crippen molar-refractivity contribution in [3.63, 3.8) is 0 Å². The van der Waals surface area contributed by atoms with Gasteiger partial charge < -0.3 is 9.84 Å². The SMILES string of the molecule is COc1ccccc1C(O)C1=CCCCC1. The summed E-state index contributed by atoms with van der Waals surface area (Å²) in [6.45, 7) is 0. The van der Waals surface area contributed by atoms with Crippen molar-refractivity contribution in [3.05, 3.63) is 41.5 Å². The Hall–Kier alpha value is -1.28. The van der Waals surface area contributed by atoms with Gasteiger partial charge in [0.25, 0.3) is 0 Å². The molecule has 2 nitrogen and oxygen atoms in total. The molecule has 1 atom stereocenters. The standard InChI is InChI=1S/C14H18O2/c1-16-13-10-6-5-9-12(13)14(15)11-7-3-2-4-8-11/h5-7,9-10,14-15H,2-4,8H2,1H3. The van der Waals surface area contributed by atoms with E-state index in [0.717, 1.165) is 29.7 Å². The van der Waals surface area contributed by atoms with Gasteiger partial charge >= 0.3 is 0 Å². The van der Waals surface area contributed by atoms with E-state index in [2.05, 4.69) is 6.08 Å². The van der Waals surface area contributed by atoms with Crippen LogP contribution in [-0.2, 0) is 0 Å². The van der Waals surface area contributed by atoms with Crippen LogP contribution in [0, 0.1) is 0 Å². The minimum atomic E-state index is -0.503. The molecular formula is C14H18O2. The molecule has 0 saturated carbocycles. The van der Waals surface area contributed by atoms with E-state index < -0.39 is 6.10 Å². The maximum atomic E-state index is 10.3. The Balaban J connectivity index is 2.25. The van der Waals surface area contributed by atoms with Crippen molar-refractivity contribution in [2.75, 3.05) is 7.11 Å². The van der Waals surface area contributed by atoms with Crippen LogP contribution in [0.5, 0.6) is 5.75 Å². The number of aliphatic hydroxyl groups is 1. The zero-order valence-corrected chi connectivity index (χ0v) is 9.65. The zero-order valence-electron chi connectivity index (χ0n) is 9.65. The fraction of sp³-hybridized carbons (Fsp3) is 0.429. The van der Waals surface area contributed by atoms with Crippen LogP contribution >= 0.6 is 0 Å². The van der Waals surface area contributed by atoms with E-state index in [-0.39, 0.29) is 0 Å². The van der Waals surface area contributed by atoms with E-state index in [0.29, 0.717) is 0 Å². The van der Waals surface area contributed by atoms with E-state index in [9.17, 15) is 5.11 Å². The summed E-state index contributed by atoms with van der Waals surface area (Å²) in [5.74, 6) is 0.765. The summed E-state index contributed by atoms with van der Waals surface area (Å²) >= 11 is 0. The molecule has 86 valence electrons. The van der Waals surface area contributed by atoms with Gasteiger partial charge in [-0.2, -0.15) is 0 Å². The molecule has 0 aromatic heterocycles. The number of rotatable bonds is 3. The monoisotopic (exact) mass is 218 g/mol. The smallest absolute Gasteiger partial charge is 0.124 e. The van der Waals surface area contributed by atoms with Crippen molar-refractivity contribution < 1.29 is 9.84 Å². The van der Waals surface area contributed by atoms with E-state index in [1.54, 1.807) is 7.11 Å². The molecule has 0 bridgehead atoms. The lowest BCUT2D eigenvalue weighted by atomic mass is 9.91. The Bertz CT molecular complexity index is 382. The van der Waals surface area contributed by atoms with Crippen LogP contribution < -0.4 is 4.74 Å². The maximum Gasteiger partial charge on any atom is 0.124 e. The van der Waals surface area contributed by atoms with Gasteiger partial charge in [-0.05, 0) is 37.3 Å². The van der Waals surface area contributed by atoms with Gasteiger partial charge in [-0.15, -0.1) is 0 Å². The predicted octanol–water partition coefficient (Wildman–Crippen LogP) is 3.23. The van der Waals surface area contributed by atoms with Crippen LogP contribution in [0.15, 0.2) is 35.9 Å². The zero-order chi connectivity index (χ0) is 11.4. The molecule has 0 spiro atoms. The number of para-hydroxylation sites is 1. The normalized spacial score (nSPS) is 17.8. The summed E-state index contributed by atoms with van der Waals surface area (Å²) in [4.78, 5) is 0. The minimum absolute atomic E-state index is 0.503. The second kappa shape index (κ2) is 5.17. The third kappa shape index (κ3) is 2.27. The van der Waals surface area contributed by atoms with E-state index in [1.807, 2.05) is 24.3 Å². The molecule has 1 aromatic carbocycles. The lowest BCUT2D eigenvalue weighted by Crippen LogP contribution is -2.06. The van der Waals surface area contributed by atoms with Gasteiger partial charge in [-0.1, -0.05) is 24.3 Å². The Labute approximate surface area is 96.6 Å². The first-order valence-electron chi connectivity index (χ1n) is 5.83. The van der Waals surface area contributed by atoms with Crippen molar-refractivity contribution >= 4 is 0 Å². The van der Waals surface area contributed by atoms with Gasteiger partial charge in [0, 0.05) is 5.56 Å². The molecule has 0 fully saturated rings. The molecule has 1 N–H and O–H groups in total. The fourth-order valence-corrected chi connectivity index (χ4v) is 2.20. The third-order valence-electron chi connectivity index (χ3n) is 3.11. The Kier molecular flexibility index (Phi) is 3.62. The van der Waals surface area contributed by atoms with Gasteiger partial charge in [-0.25, -0.2) is 0 Å². The molecule has 0 aliphatic heterocycles. The lowest BCUT2D eigenvalue weighted by Gasteiger charge is -2.20. The molecule has 0 radical (unpaired) electrons. The molecule has 16 heavy (non-hydrogen) atoms. The molecule has 0 amide bonds. The summed E-state index contributed by atoms with van der Waals surface area (Å²) in [6, 6.07) is 7.68. The van der Waals surface area contributed by atoms with Gasteiger partial charge in [0.05, 0.1) is 7.11 Å². The highest BCUT2D eigenvalue weighted by molar-refractivity contribution is 5.39. The Morgan fingerprint density at radius 2 is 2.06 bits per heavy atom. The van der Waals surface area contributed by atoms with Crippen LogP contribution in [0.1, 0.15) is 37.4 Å². The number of hydrogen-bond acceptors (Lipinski definition) is 2. The van der Waals surface area contributed by atoms with Gasteiger partial charge in [0.1, 0.15) is 11.9 Å². The number of allylic oxidation sites excluding steroid dienone is 1. The van der Waals surface area contributed by atoms with Crippen LogP contribution in [-0.4, -0.2) is 12.2 Å². The first kappa shape index (κ1) is 11.2. The molecule has 1 aromatic rings. The molecule has 0 heterocycles. The van der Waals surface area contributed by atoms with Crippen LogP contribution in [0.3, 0.4) is 0 Å². The highest BCUT2D eigenvalue weighted by atomic mass is 16.5. The summed E-state index contributed by atoms with van der Waals surface area (Å²) < 4.78 is 5.27. The number of methoxy groups -OCH3 is 1. The van der Waals surface area contributed by atoms with E-state index >= 15 is 0 Å². The largest absolute Gasteiger partial charge is 0.496 e. The highest BCUT2D eigenvalue weighted by Crippen LogP contribution is 2.34. The summed E-state index contributed by atoms with van der Waals surface area (Å²) in [7, 11) is 1.64. The van der Waals surface area contributed by atoms with Crippen LogP contribution in [0.2, 0.25) is 0 Å². The molecular weight excluding hydrogens is 200 g/mol. The predicted molar refractivity (Wildman–Crippen MR) is 64.5 cm³/mol. The average molecular weight is 218 g/mol. The average Bonchev–Trinajstić information content (AvgIpc) is 2.39.